The van der Waals surface area contributed by atoms with E-state index in [9.17, 15) is 9.59 Å². The second kappa shape index (κ2) is 3.98. The Morgan fingerprint density at radius 1 is 1.57 bits per heavy atom. The van der Waals surface area contributed by atoms with Gasteiger partial charge >= 0.3 is 11.9 Å². The van der Waals surface area contributed by atoms with Gasteiger partial charge in [0.2, 0.25) is 0 Å². The third-order valence-electron chi connectivity index (χ3n) is 2.30. The number of rotatable bonds is 1. The van der Waals surface area contributed by atoms with Gasteiger partial charge in [-0.1, -0.05) is 0 Å². The highest BCUT2D eigenvalue weighted by atomic mass is 16.6. The molecule has 0 aliphatic carbocycles. The van der Waals surface area contributed by atoms with E-state index in [1.54, 1.807) is 13.8 Å². The highest BCUT2D eigenvalue weighted by molar-refractivity contribution is 5.76. The Kier molecular flexibility index (Phi) is 3.13. The molecule has 14 heavy (non-hydrogen) atoms. The Hall–Kier alpha value is -1.06. The van der Waals surface area contributed by atoms with Gasteiger partial charge in [-0.2, -0.15) is 0 Å². The number of hydrogen-bond donors (Lipinski definition) is 0. The fourth-order valence-electron chi connectivity index (χ4n) is 1.57. The summed E-state index contributed by atoms with van der Waals surface area (Å²) in [6.07, 6.45) is 0.925. The van der Waals surface area contributed by atoms with Crippen LogP contribution >= 0.6 is 0 Å². The SMILES string of the molecule is CC(=O)OC1CCOC(=O)C(C)(C)C1. The quantitative estimate of drug-likeness (QED) is 0.598. The van der Waals surface area contributed by atoms with Gasteiger partial charge in [-0.25, -0.2) is 0 Å². The lowest BCUT2D eigenvalue weighted by molar-refractivity contribution is -0.154. The maximum absolute atomic E-state index is 11.4. The van der Waals surface area contributed by atoms with Crippen molar-refractivity contribution in [2.24, 2.45) is 5.41 Å². The summed E-state index contributed by atoms with van der Waals surface area (Å²) in [5.74, 6) is -0.521. The molecule has 0 radical (unpaired) electrons. The molecule has 0 N–H and O–H groups in total. The molecule has 1 saturated heterocycles. The van der Waals surface area contributed by atoms with E-state index in [1.165, 1.54) is 6.92 Å². The number of carbonyl (C=O) groups excluding carboxylic acids is 2. The lowest BCUT2D eigenvalue weighted by Gasteiger charge is -2.22. The van der Waals surface area contributed by atoms with Crippen LogP contribution in [0.4, 0.5) is 0 Å². The summed E-state index contributed by atoms with van der Waals surface area (Å²) in [5, 5.41) is 0. The molecule has 1 rings (SSSR count). The Balaban J connectivity index is 2.64. The third kappa shape index (κ3) is 2.72. The molecule has 0 saturated carbocycles. The molecule has 1 atom stereocenters. The summed E-state index contributed by atoms with van der Waals surface area (Å²) in [5.41, 5.74) is -0.559. The average Bonchev–Trinajstić information content (AvgIpc) is 2.11. The summed E-state index contributed by atoms with van der Waals surface area (Å²) in [6.45, 7) is 5.31. The molecule has 4 nitrogen and oxygen atoms in total. The van der Waals surface area contributed by atoms with E-state index in [1.807, 2.05) is 0 Å². The van der Waals surface area contributed by atoms with E-state index in [-0.39, 0.29) is 18.0 Å². The maximum Gasteiger partial charge on any atom is 0.311 e. The van der Waals surface area contributed by atoms with Crippen molar-refractivity contribution in [1.29, 1.82) is 0 Å². The standard InChI is InChI=1S/C10H16O4/c1-7(11)14-8-4-5-13-9(12)10(2,3)6-8/h8H,4-6H2,1-3H3. The van der Waals surface area contributed by atoms with Crippen molar-refractivity contribution < 1.29 is 19.1 Å². The molecule has 1 aliphatic heterocycles. The molecule has 0 amide bonds. The summed E-state index contributed by atoms with van der Waals surface area (Å²) < 4.78 is 10.1. The van der Waals surface area contributed by atoms with Crippen LogP contribution in [0.25, 0.3) is 0 Å². The van der Waals surface area contributed by atoms with E-state index < -0.39 is 5.41 Å². The van der Waals surface area contributed by atoms with Crippen molar-refractivity contribution in [3.8, 4) is 0 Å². The van der Waals surface area contributed by atoms with Crippen LogP contribution in [0.15, 0.2) is 0 Å². The van der Waals surface area contributed by atoms with Crippen molar-refractivity contribution in [2.75, 3.05) is 6.61 Å². The average molecular weight is 200 g/mol. The first-order valence-electron chi connectivity index (χ1n) is 4.76. The Morgan fingerprint density at radius 2 is 2.21 bits per heavy atom. The molecule has 1 heterocycles. The van der Waals surface area contributed by atoms with E-state index in [0.717, 1.165) is 0 Å². The summed E-state index contributed by atoms with van der Waals surface area (Å²) in [7, 11) is 0. The van der Waals surface area contributed by atoms with E-state index in [0.29, 0.717) is 19.4 Å². The summed E-state index contributed by atoms with van der Waals surface area (Å²) in [4.78, 5) is 22.2. The number of hydrogen-bond acceptors (Lipinski definition) is 4. The van der Waals surface area contributed by atoms with E-state index >= 15 is 0 Å². The number of cyclic esters (lactones) is 1. The molecular formula is C10H16O4. The molecule has 1 fully saturated rings. The van der Waals surface area contributed by atoms with Gasteiger partial charge in [0.1, 0.15) is 6.10 Å². The maximum atomic E-state index is 11.4. The van der Waals surface area contributed by atoms with Gasteiger partial charge < -0.3 is 9.47 Å². The van der Waals surface area contributed by atoms with Gasteiger partial charge in [0.05, 0.1) is 12.0 Å². The van der Waals surface area contributed by atoms with Crippen LogP contribution in [-0.2, 0) is 19.1 Å². The number of carbonyl (C=O) groups is 2. The monoisotopic (exact) mass is 200 g/mol. The fraction of sp³-hybridized carbons (Fsp3) is 0.800. The predicted octanol–water partition coefficient (Wildman–Crippen LogP) is 1.28. The van der Waals surface area contributed by atoms with Crippen molar-refractivity contribution in [3.63, 3.8) is 0 Å². The number of esters is 2. The van der Waals surface area contributed by atoms with Crippen LogP contribution in [0.3, 0.4) is 0 Å². The fourth-order valence-corrected chi connectivity index (χ4v) is 1.57. The van der Waals surface area contributed by atoms with Crippen LogP contribution in [0, 0.1) is 5.41 Å². The second-order valence-corrected chi connectivity index (χ2v) is 4.24. The minimum absolute atomic E-state index is 0.200. The van der Waals surface area contributed by atoms with E-state index in [2.05, 4.69) is 0 Å². The second-order valence-electron chi connectivity index (χ2n) is 4.24. The van der Waals surface area contributed by atoms with Gasteiger partial charge in [-0.3, -0.25) is 9.59 Å². The van der Waals surface area contributed by atoms with E-state index in [4.69, 9.17) is 9.47 Å². The molecular weight excluding hydrogens is 184 g/mol. The smallest absolute Gasteiger partial charge is 0.311 e. The molecule has 0 spiro atoms. The molecule has 4 heteroatoms. The highest BCUT2D eigenvalue weighted by Crippen LogP contribution is 2.29. The lowest BCUT2D eigenvalue weighted by Crippen LogP contribution is -2.28. The molecule has 1 aliphatic rings. The van der Waals surface area contributed by atoms with Crippen molar-refractivity contribution in [3.05, 3.63) is 0 Å². The van der Waals surface area contributed by atoms with Crippen LogP contribution in [0.5, 0.6) is 0 Å². The zero-order valence-electron chi connectivity index (χ0n) is 8.83. The minimum atomic E-state index is -0.559. The first-order chi connectivity index (χ1) is 6.42. The zero-order valence-corrected chi connectivity index (χ0v) is 8.83. The largest absolute Gasteiger partial charge is 0.465 e. The summed E-state index contributed by atoms with van der Waals surface area (Å²) >= 11 is 0. The molecule has 0 aromatic carbocycles. The van der Waals surface area contributed by atoms with Crippen molar-refractivity contribution in [1.82, 2.24) is 0 Å². The zero-order chi connectivity index (χ0) is 10.8. The Morgan fingerprint density at radius 3 is 2.79 bits per heavy atom. The minimum Gasteiger partial charge on any atom is -0.465 e. The first-order valence-corrected chi connectivity index (χ1v) is 4.76. The number of ether oxygens (including phenoxy) is 2. The Bertz CT molecular complexity index is 245. The van der Waals surface area contributed by atoms with Crippen molar-refractivity contribution >= 4 is 11.9 Å². The van der Waals surface area contributed by atoms with Gasteiger partial charge in [-0.05, 0) is 13.8 Å². The summed E-state index contributed by atoms with van der Waals surface area (Å²) in [6, 6.07) is 0. The molecule has 1 unspecified atom stereocenters. The van der Waals surface area contributed by atoms with Crippen LogP contribution in [0.2, 0.25) is 0 Å². The highest BCUT2D eigenvalue weighted by Gasteiger charge is 2.36. The molecule has 0 aromatic heterocycles. The Labute approximate surface area is 83.6 Å². The molecule has 0 aromatic rings. The van der Waals surface area contributed by atoms with Gasteiger partial charge in [-0.15, -0.1) is 0 Å². The van der Waals surface area contributed by atoms with Crippen LogP contribution in [-0.4, -0.2) is 24.6 Å². The van der Waals surface area contributed by atoms with Gasteiger partial charge in [0, 0.05) is 19.8 Å². The lowest BCUT2D eigenvalue weighted by atomic mass is 9.87. The van der Waals surface area contributed by atoms with Gasteiger partial charge in [0.25, 0.3) is 0 Å². The van der Waals surface area contributed by atoms with Crippen LogP contribution < -0.4 is 0 Å². The molecule has 0 bridgehead atoms. The van der Waals surface area contributed by atoms with Crippen LogP contribution in [0.1, 0.15) is 33.6 Å². The topological polar surface area (TPSA) is 52.6 Å². The molecule has 80 valence electrons. The first kappa shape index (κ1) is 11.0. The predicted molar refractivity (Wildman–Crippen MR) is 49.5 cm³/mol. The third-order valence-corrected chi connectivity index (χ3v) is 2.30. The normalized spacial score (nSPS) is 26.2. The van der Waals surface area contributed by atoms with Crippen molar-refractivity contribution in [2.45, 2.75) is 39.7 Å². The van der Waals surface area contributed by atoms with Gasteiger partial charge in [0.15, 0.2) is 0 Å².